The molecule has 0 spiro atoms. The van der Waals surface area contributed by atoms with E-state index in [1.165, 1.54) is 23.1 Å². The van der Waals surface area contributed by atoms with E-state index in [1.54, 1.807) is 6.07 Å². The molecule has 132 valence electrons. The third-order valence-electron chi connectivity index (χ3n) is 4.11. The Kier molecular flexibility index (Phi) is 4.61. The summed E-state index contributed by atoms with van der Waals surface area (Å²) in [6.07, 6.45) is 0. The second kappa shape index (κ2) is 6.85. The Balaban J connectivity index is 1.99. The number of nitrogen functional groups attached to an aromatic ring is 1. The van der Waals surface area contributed by atoms with Crippen LogP contribution in [0.3, 0.4) is 0 Å². The summed E-state index contributed by atoms with van der Waals surface area (Å²) in [4.78, 5) is 22.3. The lowest BCUT2D eigenvalue weighted by Crippen LogP contribution is -3.12. The molecule has 0 bridgehead atoms. The van der Waals surface area contributed by atoms with Gasteiger partial charge >= 0.3 is 5.69 Å². The summed E-state index contributed by atoms with van der Waals surface area (Å²) in [5, 5.41) is 14.0. The lowest BCUT2D eigenvalue weighted by Gasteiger charge is -2.30. The second-order valence-electron chi connectivity index (χ2n) is 5.91. The number of likely N-dealkylation sites (N-methyl/N-ethyl adjacent to an activating group) is 1. The van der Waals surface area contributed by atoms with Crippen molar-refractivity contribution in [2.24, 2.45) is 0 Å². The highest BCUT2D eigenvalue weighted by Gasteiger charge is 2.27. The maximum absolute atomic E-state index is 13.9. The molecule has 1 aliphatic heterocycles. The van der Waals surface area contributed by atoms with Crippen molar-refractivity contribution in [3.05, 3.63) is 40.2 Å². The van der Waals surface area contributed by atoms with Crippen LogP contribution in [0.25, 0.3) is 0 Å². The van der Waals surface area contributed by atoms with Crippen LogP contribution in [0.4, 0.5) is 33.3 Å². The fourth-order valence-electron chi connectivity index (χ4n) is 2.65. The minimum atomic E-state index is -0.670. The molecule has 25 heavy (non-hydrogen) atoms. The van der Waals surface area contributed by atoms with Crippen LogP contribution in [0.15, 0.2) is 24.3 Å². The largest absolute Gasteiger partial charge is 0.378 e. The highest BCUT2D eigenvalue weighted by molar-refractivity contribution is 5.74. The maximum Gasteiger partial charge on any atom is 0.353 e. The van der Waals surface area contributed by atoms with Crippen LogP contribution in [0.2, 0.25) is 0 Å². The Morgan fingerprint density at radius 1 is 1.32 bits per heavy atom. The van der Waals surface area contributed by atoms with E-state index in [0.717, 1.165) is 13.1 Å². The summed E-state index contributed by atoms with van der Waals surface area (Å²) in [7, 11) is 2.09. The van der Waals surface area contributed by atoms with Crippen LogP contribution >= 0.6 is 0 Å². The number of hydrogen-bond donors (Lipinski definition) is 3. The summed E-state index contributed by atoms with van der Waals surface area (Å²) in [5.41, 5.74) is 5.41. The first kappa shape index (κ1) is 16.8. The van der Waals surface area contributed by atoms with Gasteiger partial charge in [-0.25, -0.2) is 4.39 Å². The van der Waals surface area contributed by atoms with E-state index in [2.05, 4.69) is 22.3 Å². The van der Waals surface area contributed by atoms with Gasteiger partial charge in [-0.2, -0.15) is 9.97 Å². The maximum atomic E-state index is 13.9. The van der Waals surface area contributed by atoms with Gasteiger partial charge in [0.2, 0.25) is 17.6 Å². The van der Waals surface area contributed by atoms with Crippen molar-refractivity contribution >= 4 is 29.0 Å². The number of anilines is 4. The molecule has 0 unspecified atom stereocenters. The summed E-state index contributed by atoms with van der Waals surface area (Å²) < 4.78 is 13.9. The van der Waals surface area contributed by atoms with E-state index in [-0.39, 0.29) is 17.3 Å². The van der Waals surface area contributed by atoms with E-state index in [0.29, 0.717) is 19.0 Å². The molecule has 0 atom stereocenters. The first-order chi connectivity index (χ1) is 12.0. The molecule has 2 aromatic rings. The van der Waals surface area contributed by atoms with E-state index >= 15 is 0 Å². The van der Waals surface area contributed by atoms with Gasteiger partial charge < -0.3 is 20.9 Å². The van der Waals surface area contributed by atoms with Crippen molar-refractivity contribution in [1.82, 2.24) is 9.97 Å². The number of rotatable bonds is 4. The lowest BCUT2D eigenvalue weighted by atomic mass is 10.3. The quantitative estimate of drug-likeness (QED) is 0.533. The standard InChI is InChI=1S/C15H18FN7O2/c1-21-6-8-22(9-7-21)15-19-13(17)12(23(24)25)14(20-15)18-11-5-3-2-4-10(11)16/h2-5H,6-9H2,1H3,(H3,17,18,19,20)/p+1. The van der Waals surface area contributed by atoms with Crippen molar-refractivity contribution in [1.29, 1.82) is 0 Å². The number of nitrogens with zero attached hydrogens (tertiary/aromatic N) is 4. The summed E-state index contributed by atoms with van der Waals surface area (Å²) in [5.74, 6) is -0.614. The van der Waals surface area contributed by atoms with E-state index in [9.17, 15) is 14.5 Å². The number of nitrogens with one attached hydrogen (secondary N) is 2. The zero-order chi connectivity index (χ0) is 18.0. The van der Waals surface area contributed by atoms with Gasteiger partial charge in [0, 0.05) is 0 Å². The molecule has 0 radical (unpaired) electrons. The van der Waals surface area contributed by atoms with Gasteiger partial charge in [-0.1, -0.05) is 12.1 Å². The Labute approximate surface area is 143 Å². The Hall–Kier alpha value is -3.01. The fraction of sp³-hybridized carbons (Fsp3) is 0.333. The molecule has 9 nitrogen and oxygen atoms in total. The van der Waals surface area contributed by atoms with Gasteiger partial charge in [-0.05, 0) is 12.1 Å². The van der Waals surface area contributed by atoms with Crippen LogP contribution in [0.5, 0.6) is 0 Å². The number of quaternary nitrogens is 1. The molecule has 3 rings (SSSR count). The molecule has 10 heteroatoms. The number of hydrogen-bond acceptors (Lipinski definition) is 7. The summed E-state index contributed by atoms with van der Waals surface area (Å²) in [6, 6.07) is 5.87. The van der Waals surface area contributed by atoms with Crippen LogP contribution in [-0.2, 0) is 0 Å². The first-order valence-corrected chi connectivity index (χ1v) is 7.85. The zero-order valence-electron chi connectivity index (χ0n) is 13.7. The zero-order valence-corrected chi connectivity index (χ0v) is 13.7. The molecule has 0 amide bonds. The molecule has 1 aromatic heterocycles. The normalized spacial score (nSPS) is 15.2. The number of benzene rings is 1. The molecule has 2 heterocycles. The van der Waals surface area contributed by atoms with Crippen molar-refractivity contribution in [3.63, 3.8) is 0 Å². The average Bonchev–Trinajstić information content (AvgIpc) is 2.57. The van der Waals surface area contributed by atoms with Crippen molar-refractivity contribution in [2.45, 2.75) is 0 Å². The van der Waals surface area contributed by atoms with Crippen molar-refractivity contribution in [2.75, 3.05) is 49.2 Å². The predicted molar refractivity (Wildman–Crippen MR) is 91.6 cm³/mol. The first-order valence-electron chi connectivity index (χ1n) is 7.85. The molecule has 1 saturated heterocycles. The monoisotopic (exact) mass is 348 g/mol. The van der Waals surface area contributed by atoms with Crippen molar-refractivity contribution < 1.29 is 14.2 Å². The Morgan fingerprint density at radius 2 is 2.00 bits per heavy atom. The lowest BCUT2D eigenvalue weighted by molar-refractivity contribution is -0.880. The van der Waals surface area contributed by atoms with Gasteiger partial charge in [0.05, 0.1) is 43.8 Å². The number of aromatic nitrogens is 2. The highest BCUT2D eigenvalue weighted by atomic mass is 19.1. The third kappa shape index (κ3) is 3.58. The van der Waals surface area contributed by atoms with Gasteiger partial charge in [-0.3, -0.25) is 10.1 Å². The molecule has 1 fully saturated rings. The van der Waals surface area contributed by atoms with Gasteiger partial charge in [0.1, 0.15) is 5.82 Å². The van der Waals surface area contributed by atoms with E-state index in [4.69, 9.17) is 5.73 Å². The van der Waals surface area contributed by atoms with Gasteiger partial charge in [0.25, 0.3) is 0 Å². The topological polar surface area (TPSA) is 115 Å². The summed E-state index contributed by atoms with van der Waals surface area (Å²) in [6.45, 7) is 3.22. The van der Waals surface area contributed by atoms with Crippen molar-refractivity contribution in [3.8, 4) is 0 Å². The Bertz CT molecular complexity index is 793. The minimum Gasteiger partial charge on any atom is -0.378 e. The molecule has 0 saturated carbocycles. The van der Waals surface area contributed by atoms with Crippen LogP contribution in [0.1, 0.15) is 0 Å². The molecular weight excluding hydrogens is 329 g/mol. The average molecular weight is 348 g/mol. The van der Waals surface area contributed by atoms with Gasteiger partial charge in [-0.15, -0.1) is 0 Å². The number of nitro groups is 1. The summed E-state index contributed by atoms with van der Waals surface area (Å²) >= 11 is 0. The minimum absolute atomic E-state index is 0.0810. The van der Waals surface area contributed by atoms with Crippen LogP contribution < -0.4 is 20.9 Å². The van der Waals surface area contributed by atoms with Gasteiger partial charge in [0.15, 0.2) is 0 Å². The number of halogens is 1. The van der Waals surface area contributed by atoms with Crippen LogP contribution in [0, 0.1) is 15.9 Å². The Morgan fingerprint density at radius 3 is 2.64 bits per heavy atom. The van der Waals surface area contributed by atoms with E-state index < -0.39 is 16.4 Å². The molecular formula is C15H19FN7O2+. The molecule has 0 aliphatic carbocycles. The smallest absolute Gasteiger partial charge is 0.353 e. The third-order valence-corrected chi connectivity index (χ3v) is 4.11. The molecule has 1 aliphatic rings. The predicted octanol–water partition coefficient (Wildman–Crippen LogP) is 0.184. The number of nitrogens with two attached hydrogens (primary N) is 1. The highest BCUT2D eigenvalue weighted by Crippen LogP contribution is 2.32. The molecule has 1 aromatic carbocycles. The second-order valence-corrected chi connectivity index (χ2v) is 5.91. The number of para-hydroxylation sites is 1. The fourth-order valence-corrected chi connectivity index (χ4v) is 2.65. The van der Waals surface area contributed by atoms with Crippen LogP contribution in [-0.4, -0.2) is 48.1 Å². The molecule has 4 N–H and O–H groups in total. The van der Waals surface area contributed by atoms with E-state index in [1.807, 2.05) is 4.90 Å². The SMILES string of the molecule is C[NH+]1CCN(c2nc(N)c([N+](=O)[O-])c(Nc3ccccc3F)n2)CC1. The number of piperazine rings is 1.